The number of tetrazole rings is 1. The zero-order valence-electron chi connectivity index (χ0n) is 16.9. The Hall–Kier alpha value is -3.26. The molecule has 8 heteroatoms. The van der Waals surface area contributed by atoms with Crippen LogP contribution in [0, 0.1) is 0 Å². The van der Waals surface area contributed by atoms with E-state index in [4.69, 9.17) is 15.2 Å². The molecular formula is C22H25N5O3. The van der Waals surface area contributed by atoms with Gasteiger partial charge in [0.1, 0.15) is 6.61 Å². The van der Waals surface area contributed by atoms with Crippen LogP contribution in [0.15, 0.2) is 42.5 Å². The third-order valence-electron chi connectivity index (χ3n) is 5.21. The first-order valence-corrected chi connectivity index (χ1v) is 10.2. The Bertz CT molecular complexity index is 1000. The zero-order chi connectivity index (χ0) is 21.0. The van der Waals surface area contributed by atoms with Crippen LogP contribution in [0.1, 0.15) is 59.9 Å². The Morgan fingerprint density at radius 2 is 2.00 bits per heavy atom. The highest BCUT2D eigenvalue weighted by Crippen LogP contribution is 2.40. The van der Waals surface area contributed by atoms with Gasteiger partial charge in [0.15, 0.2) is 17.3 Å². The standard InChI is InChI=1S/C22H25N5O3/c1-2-3-4-5-7-15-10-12-16(13-11-15)19(28)17-8-6-9-18-20(17)30-22(23,14-29-18)21-24-26-27-25-21/h6,8-13H,2-5,7,14,23H2,1H3,(H,24,25,26,27). The van der Waals surface area contributed by atoms with E-state index in [-0.39, 0.29) is 24.0 Å². The quantitative estimate of drug-likeness (QED) is 0.435. The summed E-state index contributed by atoms with van der Waals surface area (Å²) in [6.07, 6.45) is 5.88. The van der Waals surface area contributed by atoms with E-state index >= 15 is 0 Å². The Balaban J connectivity index is 1.55. The lowest BCUT2D eigenvalue weighted by molar-refractivity contribution is -0.0154. The third-order valence-corrected chi connectivity index (χ3v) is 5.21. The molecule has 1 atom stereocenters. The van der Waals surface area contributed by atoms with Crippen molar-refractivity contribution in [2.24, 2.45) is 5.73 Å². The number of hydrogen-bond acceptors (Lipinski definition) is 7. The first-order chi connectivity index (χ1) is 14.6. The molecule has 2 aromatic carbocycles. The van der Waals surface area contributed by atoms with Crippen molar-refractivity contribution in [2.75, 3.05) is 6.61 Å². The van der Waals surface area contributed by atoms with Crippen LogP contribution in [0.2, 0.25) is 0 Å². The van der Waals surface area contributed by atoms with Crippen LogP contribution < -0.4 is 15.2 Å². The maximum atomic E-state index is 13.2. The number of H-pyrrole nitrogens is 1. The number of para-hydroxylation sites is 1. The maximum Gasteiger partial charge on any atom is 0.257 e. The van der Waals surface area contributed by atoms with Crippen molar-refractivity contribution in [3.63, 3.8) is 0 Å². The van der Waals surface area contributed by atoms with Crippen molar-refractivity contribution in [3.05, 3.63) is 65.0 Å². The van der Waals surface area contributed by atoms with E-state index in [1.165, 1.54) is 24.8 Å². The minimum Gasteiger partial charge on any atom is -0.483 e. The number of aromatic nitrogens is 4. The number of fused-ring (bicyclic) bond motifs is 1. The van der Waals surface area contributed by atoms with E-state index in [2.05, 4.69) is 27.5 Å². The van der Waals surface area contributed by atoms with Crippen molar-refractivity contribution in [1.82, 2.24) is 20.6 Å². The molecule has 3 aromatic rings. The Morgan fingerprint density at radius 3 is 2.73 bits per heavy atom. The predicted octanol–water partition coefficient (Wildman–Crippen LogP) is 3.14. The van der Waals surface area contributed by atoms with Gasteiger partial charge in [-0.15, -0.1) is 10.2 Å². The van der Waals surface area contributed by atoms with Crippen molar-refractivity contribution in [3.8, 4) is 11.5 Å². The average molecular weight is 407 g/mol. The monoisotopic (exact) mass is 407 g/mol. The van der Waals surface area contributed by atoms with Gasteiger partial charge in [-0.05, 0) is 35.8 Å². The number of aryl methyl sites for hydroxylation is 1. The van der Waals surface area contributed by atoms with E-state index < -0.39 is 5.72 Å². The fraction of sp³-hybridized carbons (Fsp3) is 0.364. The van der Waals surface area contributed by atoms with E-state index in [1.54, 1.807) is 18.2 Å². The molecule has 4 rings (SSSR count). The van der Waals surface area contributed by atoms with Crippen LogP contribution in [0.3, 0.4) is 0 Å². The molecule has 30 heavy (non-hydrogen) atoms. The number of ether oxygens (including phenoxy) is 2. The van der Waals surface area contributed by atoms with Gasteiger partial charge in [0, 0.05) is 5.56 Å². The molecule has 0 amide bonds. The van der Waals surface area contributed by atoms with Crippen LogP contribution in [0.25, 0.3) is 0 Å². The summed E-state index contributed by atoms with van der Waals surface area (Å²) in [6.45, 7) is 2.21. The Labute approximate surface area is 174 Å². The summed E-state index contributed by atoms with van der Waals surface area (Å²) in [7, 11) is 0. The van der Waals surface area contributed by atoms with Crippen LogP contribution in [-0.4, -0.2) is 33.0 Å². The second-order valence-corrected chi connectivity index (χ2v) is 7.49. The number of carbonyl (C=O) groups is 1. The molecular weight excluding hydrogens is 382 g/mol. The number of nitrogens with zero attached hydrogens (tertiary/aromatic N) is 3. The number of aromatic amines is 1. The molecule has 2 heterocycles. The molecule has 0 fully saturated rings. The van der Waals surface area contributed by atoms with E-state index in [0.717, 1.165) is 12.8 Å². The van der Waals surface area contributed by atoms with Gasteiger partial charge in [-0.1, -0.05) is 56.5 Å². The molecule has 0 bridgehead atoms. The van der Waals surface area contributed by atoms with Gasteiger partial charge >= 0.3 is 0 Å². The summed E-state index contributed by atoms with van der Waals surface area (Å²) in [5.41, 5.74) is 7.05. The largest absolute Gasteiger partial charge is 0.483 e. The average Bonchev–Trinajstić information content (AvgIpc) is 3.32. The van der Waals surface area contributed by atoms with Gasteiger partial charge in [0.05, 0.1) is 5.56 Å². The van der Waals surface area contributed by atoms with Crippen molar-refractivity contribution < 1.29 is 14.3 Å². The Morgan fingerprint density at radius 1 is 1.17 bits per heavy atom. The van der Waals surface area contributed by atoms with Gasteiger partial charge in [-0.25, -0.2) is 0 Å². The summed E-state index contributed by atoms with van der Waals surface area (Å²) in [5, 5.41) is 13.7. The molecule has 0 radical (unpaired) electrons. The van der Waals surface area contributed by atoms with Gasteiger partial charge in [-0.3, -0.25) is 10.5 Å². The van der Waals surface area contributed by atoms with Gasteiger partial charge in [0.2, 0.25) is 5.82 Å². The van der Waals surface area contributed by atoms with Crippen LogP contribution in [0.5, 0.6) is 11.5 Å². The number of nitrogens with two attached hydrogens (primary N) is 1. The minimum atomic E-state index is -1.43. The summed E-state index contributed by atoms with van der Waals surface area (Å²) < 4.78 is 11.7. The summed E-state index contributed by atoms with van der Waals surface area (Å²) >= 11 is 0. The second-order valence-electron chi connectivity index (χ2n) is 7.49. The third kappa shape index (κ3) is 4.04. The van der Waals surface area contributed by atoms with Crippen LogP contribution in [0.4, 0.5) is 0 Å². The number of carbonyl (C=O) groups excluding carboxylic acids is 1. The van der Waals surface area contributed by atoms with Crippen molar-refractivity contribution >= 4 is 5.78 Å². The van der Waals surface area contributed by atoms with Crippen molar-refractivity contribution in [1.29, 1.82) is 0 Å². The number of unbranched alkanes of at least 4 members (excludes halogenated alkanes) is 3. The molecule has 1 aliphatic heterocycles. The first-order valence-electron chi connectivity index (χ1n) is 10.2. The summed E-state index contributed by atoms with van der Waals surface area (Å²) in [6, 6.07) is 12.9. The minimum absolute atomic E-state index is 0.00387. The predicted molar refractivity (Wildman–Crippen MR) is 110 cm³/mol. The van der Waals surface area contributed by atoms with Gasteiger partial charge in [0.25, 0.3) is 5.72 Å². The molecule has 8 nitrogen and oxygen atoms in total. The lowest BCUT2D eigenvalue weighted by Gasteiger charge is -2.33. The molecule has 156 valence electrons. The summed E-state index contributed by atoms with van der Waals surface area (Å²) in [5.74, 6) is 0.732. The van der Waals surface area contributed by atoms with Crippen LogP contribution >= 0.6 is 0 Å². The fourth-order valence-corrected chi connectivity index (χ4v) is 3.50. The smallest absolute Gasteiger partial charge is 0.257 e. The lowest BCUT2D eigenvalue weighted by Crippen LogP contribution is -2.51. The highest BCUT2D eigenvalue weighted by Gasteiger charge is 2.41. The number of ketones is 1. The number of hydrogen-bond donors (Lipinski definition) is 2. The topological polar surface area (TPSA) is 116 Å². The van der Waals surface area contributed by atoms with E-state index in [0.29, 0.717) is 16.9 Å². The first kappa shape index (κ1) is 20.0. The molecule has 0 aliphatic carbocycles. The summed E-state index contributed by atoms with van der Waals surface area (Å²) in [4.78, 5) is 13.2. The number of benzene rings is 2. The van der Waals surface area contributed by atoms with E-state index in [9.17, 15) is 4.79 Å². The zero-order valence-corrected chi connectivity index (χ0v) is 16.9. The molecule has 0 spiro atoms. The normalized spacial score (nSPS) is 17.7. The molecule has 0 saturated heterocycles. The number of nitrogens with one attached hydrogen (secondary N) is 1. The van der Waals surface area contributed by atoms with Gasteiger partial charge < -0.3 is 9.47 Å². The second kappa shape index (κ2) is 8.62. The lowest BCUT2D eigenvalue weighted by atomic mass is 9.98. The van der Waals surface area contributed by atoms with Gasteiger partial charge in [-0.2, -0.15) is 5.21 Å². The molecule has 3 N–H and O–H groups in total. The highest BCUT2D eigenvalue weighted by atomic mass is 16.6. The molecule has 1 aliphatic rings. The number of rotatable bonds is 8. The molecule has 0 saturated carbocycles. The highest BCUT2D eigenvalue weighted by molar-refractivity contribution is 6.11. The van der Waals surface area contributed by atoms with Crippen molar-refractivity contribution in [2.45, 2.75) is 44.8 Å². The fourth-order valence-electron chi connectivity index (χ4n) is 3.50. The van der Waals surface area contributed by atoms with Crippen LogP contribution in [-0.2, 0) is 12.1 Å². The maximum absolute atomic E-state index is 13.2. The Kier molecular flexibility index (Phi) is 5.76. The van der Waals surface area contributed by atoms with E-state index in [1.807, 2.05) is 24.3 Å². The SMILES string of the molecule is CCCCCCc1ccc(C(=O)c2cccc3c2OC(N)(c2nn[nH]n2)CO3)cc1. The molecule has 1 aromatic heterocycles. The molecule has 1 unspecified atom stereocenters.